The molecule has 1 heterocycles. The Morgan fingerprint density at radius 2 is 1.77 bits per heavy atom. The Morgan fingerprint density at radius 1 is 1.06 bits per heavy atom. The van der Waals surface area contributed by atoms with E-state index in [4.69, 9.17) is 9.47 Å². The number of ether oxygens (including phenoxy) is 2. The van der Waals surface area contributed by atoms with Gasteiger partial charge in [0.1, 0.15) is 12.4 Å². The average molecular weight is 482 g/mol. The summed E-state index contributed by atoms with van der Waals surface area (Å²) in [6.07, 6.45) is 2.13. The number of benzene rings is 2. The molecule has 2 N–H and O–H groups in total. The van der Waals surface area contributed by atoms with Crippen molar-refractivity contribution in [2.24, 2.45) is 0 Å². The molecule has 3 rings (SSSR count). The maximum atomic E-state index is 12.4. The van der Waals surface area contributed by atoms with Gasteiger partial charge in [-0.15, -0.1) is 0 Å². The lowest BCUT2D eigenvalue weighted by Gasteiger charge is -2.31. The van der Waals surface area contributed by atoms with E-state index in [0.717, 1.165) is 49.5 Å². The zero-order valence-corrected chi connectivity index (χ0v) is 21.4. The van der Waals surface area contributed by atoms with Crippen LogP contribution in [0.3, 0.4) is 0 Å². The molecule has 1 saturated heterocycles. The van der Waals surface area contributed by atoms with Crippen LogP contribution in [0.2, 0.25) is 0 Å². The standard InChI is InChI=1S/C28H39N3O4/c1-28(2,3)23-10-8-22(9-11-23)27(33)30-20-26(32)29-19-21-6-5-7-25(18-21)35-17-14-31(4)24-12-15-34-16-13-24/h5-11,18,24H,12-17,19-20H2,1-4H3,(H,29,32)(H,30,33). The van der Waals surface area contributed by atoms with E-state index in [9.17, 15) is 9.59 Å². The van der Waals surface area contributed by atoms with Crippen molar-refractivity contribution in [2.45, 2.75) is 51.6 Å². The fraction of sp³-hybridized carbons (Fsp3) is 0.500. The second kappa shape index (κ2) is 12.7. The first-order valence-electron chi connectivity index (χ1n) is 12.4. The summed E-state index contributed by atoms with van der Waals surface area (Å²) in [6, 6.07) is 15.8. The second-order valence-electron chi connectivity index (χ2n) is 10.1. The molecule has 35 heavy (non-hydrogen) atoms. The summed E-state index contributed by atoms with van der Waals surface area (Å²) in [5.41, 5.74) is 2.67. The van der Waals surface area contributed by atoms with E-state index in [1.807, 2.05) is 36.4 Å². The molecule has 1 aliphatic heterocycles. The third-order valence-corrected chi connectivity index (χ3v) is 6.34. The molecule has 7 heteroatoms. The first-order chi connectivity index (χ1) is 16.7. The molecule has 0 saturated carbocycles. The summed E-state index contributed by atoms with van der Waals surface area (Å²) in [5.74, 6) is 0.278. The molecule has 1 aliphatic rings. The van der Waals surface area contributed by atoms with Gasteiger partial charge in [-0.05, 0) is 60.7 Å². The number of hydrogen-bond acceptors (Lipinski definition) is 5. The summed E-state index contributed by atoms with van der Waals surface area (Å²) in [5, 5.41) is 5.53. The van der Waals surface area contributed by atoms with Crippen LogP contribution >= 0.6 is 0 Å². The van der Waals surface area contributed by atoms with Crippen molar-refractivity contribution in [2.75, 3.05) is 40.0 Å². The largest absolute Gasteiger partial charge is 0.492 e. The fourth-order valence-corrected chi connectivity index (χ4v) is 4.01. The van der Waals surface area contributed by atoms with Crippen LogP contribution < -0.4 is 15.4 Å². The lowest BCUT2D eigenvalue weighted by Crippen LogP contribution is -2.38. The van der Waals surface area contributed by atoms with Crippen LogP contribution in [0.5, 0.6) is 5.75 Å². The van der Waals surface area contributed by atoms with Crippen LogP contribution in [0.4, 0.5) is 0 Å². The highest BCUT2D eigenvalue weighted by molar-refractivity contribution is 5.96. The van der Waals surface area contributed by atoms with Crippen LogP contribution in [0.25, 0.3) is 0 Å². The average Bonchev–Trinajstić information content (AvgIpc) is 2.86. The van der Waals surface area contributed by atoms with Crippen molar-refractivity contribution < 1.29 is 19.1 Å². The summed E-state index contributed by atoms with van der Waals surface area (Å²) in [6.45, 7) is 9.79. The highest BCUT2D eigenvalue weighted by Gasteiger charge is 2.18. The Bertz CT molecular complexity index is 963. The molecule has 1 fully saturated rings. The van der Waals surface area contributed by atoms with Gasteiger partial charge in [0.05, 0.1) is 6.54 Å². The predicted molar refractivity (Wildman–Crippen MR) is 138 cm³/mol. The Balaban J connectivity index is 1.38. The number of hydrogen-bond donors (Lipinski definition) is 2. The molecule has 2 amide bonds. The van der Waals surface area contributed by atoms with E-state index in [2.05, 4.69) is 43.4 Å². The molecular formula is C28H39N3O4. The van der Waals surface area contributed by atoms with Crippen molar-refractivity contribution in [3.63, 3.8) is 0 Å². The van der Waals surface area contributed by atoms with Crippen LogP contribution in [-0.2, 0) is 21.5 Å². The zero-order chi connectivity index (χ0) is 25.3. The van der Waals surface area contributed by atoms with Gasteiger partial charge in [0, 0.05) is 37.9 Å². The van der Waals surface area contributed by atoms with E-state index in [-0.39, 0.29) is 23.8 Å². The molecule has 0 aliphatic carbocycles. The lowest BCUT2D eigenvalue weighted by atomic mass is 9.87. The first kappa shape index (κ1) is 26.7. The van der Waals surface area contributed by atoms with Crippen LogP contribution in [0, 0.1) is 0 Å². The molecule has 190 valence electrons. The number of carbonyl (C=O) groups excluding carboxylic acids is 2. The summed E-state index contributed by atoms with van der Waals surface area (Å²) >= 11 is 0. The molecule has 0 aromatic heterocycles. The first-order valence-corrected chi connectivity index (χ1v) is 12.4. The lowest BCUT2D eigenvalue weighted by molar-refractivity contribution is -0.120. The van der Waals surface area contributed by atoms with Crippen molar-refractivity contribution in [1.82, 2.24) is 15.5 Å². The highest BCUT2D eigenvalue weighted by Crippen LogP contribution is 2.22. The van der Waals surface area contributed by atoms with Gasteiger partial charge in [0.25, 0.3) is 5.91 Å². The quantitative estimate of drug-likeness (QED) is 0.543. The third kappa shape index (κ3) is 8.67. The minimum atomic E-state index is -0.262. The third-order valence-electron chi connectivity index (χ3n) is 6.34. The second-order valence-corrected chi connectivity index (χ2v) is 10.1. The minimum Gasteiger partial charge on any atom is -0.492 e. The highest BCUT2D eigenvalue weighted by atomic mass is 16.5. The Morgan fingerprint density at radius 3 is 2.46 bits per heavy atom. The SMILES string of the molecule is CN(CCOc1cccc(CNC(=O)CNC(=O)c2ccc(C(C)(C)C)cc2)c1)C1CCOCC1. The van der Waals surface area contributed by atoms with E-state index in [1.165, 1.54) is 0 Å². The fourth-order valence-electron chi connectivity index (χ4n) is 4.01. The molecule has 0 spiro atoms. The van der Waals surface area contributed by atoms with Gasteiger partial charge < -0.3 is 20.1 Å². The predicted octanol–water partition coefficient (Wildman–Crippen LogP) is 3.52. The van der Waals surface area contributed by atoms with E-state index < -0.39 is 0 Å². The molecule has 2 aromatic rings. The number of amides is 2. The number of rotatable bonds is 10. The van der Waals surface area contributed by atoms with Gasteiger partial charge in [-0.2, -0.15) is 0 Å². The monoisotopic (exact) mass is 481 g/mol. The zero-order valence-electron chi connectivity index (χ0n) is 21.4. The molecule has 0 unspecified atom stereocenters. The van der Waals surface area contributed by atoms with E-state index in [1.54, 1.807) is 12.1 Å². The summed E-state index contributed by atoms with van der Waals surface area (Å²) < 4.78 is 11.4. The van der Waals surface area contributed by atoms with Gasteiger partial charge in [0.15, 0.2) is 0 Å². The smallest absolute Gasteiger partial charge is 0.251 e. The molecular weight excluding hydrogens is 442 g/mol. The van der Waals surface area contributed by atoms with Gasteiger partial charge >= 0.3 is 0 Å². The van der Waals surface area contributed by atoms with E-state index in [0.29, 0.717) is 24.8 Å². The molecule has 7 nitrogen and oxygen atoms in total. The van der Waals surface area contributed by atoms with Crippen LogP contribution in [-0.4, -0.2) is 62.7 Å². The van der Waals surface area contributed by atoms with Crippen molar-refractivity contribution in [3.05, 3.63) is 65.2 Å². The van der Waals surface area contributed by atoms with Gasteiger partial charge in [0.2, 0.25) is 5.91 Å². The molecule has 0 bridgehead atoms. The maximum Gasteiger partial charge on any atom is 0.251 e. The summed E-state index contributed by atoms with van der Waals surface area (Å²) in [7, 11) is 2.13. The number of likely N-dealkylation sites (N-methyl/N-ethyl adjacent to an activating group) is 1. The number of nitrogens with zero attached hydrogens (tertiary/aromatic N) is 1. The minimum absolute atomic E-state index is 0.0262. The Kier molecular flexibility index (Phi) is 9.69. The van der Waals surface area contributed by atoms with Crippen LogP contribution in [0.1, 0.15) is 55.1 Å². The van der Waals surface area contributed by atoms with Crippen LogP contribution in [0.15, 0.2) is 48.5 Å². The Labute approximate surface area is 209 Å². The van der Waals surface area contributed by atoms with Crippen molar-refractivity contribution >= 4 is 11.8 Å². The number of carbonyl (C=O) groups is 2. The Hall–Kier alpha value is -2.90. The molecule has 0 radical (unpaired) electrons. The summed E-state index contributed by atoms with van der Waals surface area (Å²) in [4.78, 5) is 26.9. The molecule has 0 atom stereocenters. The van der Waals surface area contributed by atoms with E-state index >= 15 is 0 Å². The van der Waals surface area contributed by atoms with Crippen molar-refractivity contribution in [1.29, 1.82) is 0 Å². The van der Waals surface area contributed by atoms with Gasteiger partial charge in [-0.1, -0.05) is 45.0 Å². The van der Waals surface area contributed by atoms with Gasteiger partial charge in [-0.25, -0.2) is 0 Å². The van der Waals surface area contributed by atoms with Gasteiger partial charge in [-0.3, -0.25) is 14.5 Å². The maximum absolute atomic E-state index is 12.4. The number of nitrogens with one attached hydrogen (secondary N) is 2. The topological polar surface area (TPSA) is 79.9 Å². The normalized spacial score (nSPS) is 14.5. The molecule has 2 aromatic carbocycles. The van der Waals surface area contributed by atoms with Crippen molar-refractivity contribution in [3.8, 4) is 5.75 Å².